The van der Waals surface area contributed by atoms with E-state index in [0.717, 1.165) is 38.1 Å². The van der Waals surface area contributed by atoms with E-state index in [0.29, 0.717) is 18.7 Å². The quantitative estimate of drug-likeness (QED) is 0.413. The Bertz CT molecular complexity index is 1190. The van der Waals surface area contributed by atoms with Crippen molar-refractivity contribution in [1.82, 2.24) is 0 Å². The van der Waals surface area contributed by atoms with E-state index in [-0.39, 0.29) is 12.3 Å². The number of aryl methyl sites for hydroxylation is 1. The molecule has 162 valence electrons. The molecule has 1 heterocycles. The van der Waals surface area contributed by atoms with Gasteiger partial charge in [0.15, 0.2) is 0 Å². The summed E-state index contributed by atoms with van der Waals surface area (Å²) in [7, 11) is 0. The van der Waals surface area contributed by atoms with Crippen molar-refractivity contribution in [1.29, 1.82) is 0 Å². The Morgan fingerprint density at radius 1 is 1.03 bits per heavy atom. The number of nitrogens with one attached hydrogen (secondary N) is 1. The fourth-order valence-electron chi connectivity index (χ4n) is 3.74. The summed E-state index contributed by atoms with van der Waals surface area (Å²) >= 11 is 3.45. The van der Waals surface area contributed by atoms with Gasteiger partial charge in [-0.15, -0.1) is 0 Å². The number of hydrogen-bond acceptors (Lipinski definition) is 4. The monoisotopic (exact) mass is 491 g/mol. The van der Waals surface area contributed by atoms with Crippen molar-refractivity contribution >= 4 is 44.9 Å². The van der Waals surface area contributed by atoms with Crippen LogP contribution in [0.5, 0.6) is 0 Å². The predicted octanol–water partition coefficient (Wildman–Crippen LogP) is 4.78. The molecule has 0 saturated carbocycles. The summed E-state index contributed by atoms with van der Waals surface area (Å²) in [6.07, 6.45) is 0.518. The molecule has 0 radical (unpaired) electrons. The lowest BCUT2D eigenvalue weighted by Crippen LogP contribution is -2.22. The number of carboxylic acids is 1. The van der Waals surface area contributed by atoms with Gasteiger partial charge in [0, 0.05) is 23.1 Å². The van der Waals surface area contributed by atoms with Crippen LogP contribution in [0.2, 0.25) is 0 Å². The van der Waals surface area contributed by atoms with Gasteiger partial charge >= 0.3 is 5.97 Å². The first-order valence-corrected chi connectivity index (χ1v) is 11.0. The van der Waals surface area contributed by atoms with Gasteiger partial charge in [-0.2, -0.15) is 0 Å². The molecule has 1 aliphatic rings. The third-order valence-corrected chi connectivity index (χ3v) is 5.91. The maximum Gasteiger partial charge on any atom is 0.303 e. The van der Waals surface area contributed by atoms with Crippen molar-refractivity contribution in [2.45, 2.75) is 25.3 Å². The molecule has 0 aliphatic carbocycles. The number of carbonyl (C=O) groups is 2. The summed E-state index contributed by atoms with van der Waals surface area (Å²) in [4.78, 5) is 28.7. The zero-order valence-corrected chi connectivity index (χ0v) is 18.8. The first-order valence-electron chi connectivity index (χ1n) is 10.2. The van der Waals surface area contributed by atoms with Gasteiger partial charge in [-0.25, -0.2) is 0 Å². The average molecular weight is 492 g/mol. The van der Waals surface area contributed by atoms with E-state index in [1.165, 1.54) is 0 Å². The van der Waals surface area contributed by atoms with Crippen LogP contribution in [0.15, 0.2) is 76.2 Å². The fraction of sp³-hybridized carbons (Fsp3) is 0.160. The highest BCUT2D eigenvalue weighted by Crippen LogP contribution is 2.37. The zero-order valence-electron chi connectivity index (χ0n) is 17.2. The molecule has 0 saturated heterocycles. The normalized spacial score (nSPS) is 15.4. The molecule has 4 rings (SSSR count). The summed E-state index contributed by atoms with van der Waals surface area (Å²) in [5.41, 5.74) is 11.4. The van der Waals surface area contributed by atoms with E-state index >= 15 is 0 Å². The number of amides is 1. The van der Waals surface area contributed by atoms with Crippen LogP contribution in [-0.2, 0) is 22.6 Å². The summed E-state index contributed by atoms with van der Waals surface area (Å²) in [5, 5.41) is 11.9. The van der Waals surface area contributed by atoms with Gasteiger partial charge in [0.05, 0.1) is 11.4 Å². The van der Waals surface area contributed by atoms with Crippen molar-refractivity contribution in [3.8, 4) is 0 Å². The number of carboxylic acid groups (broad SMARTS) is 1. The van der Waals surface area contributed by atoms with Crippen molar-refractivity contribution < 1.29 is 14.7 Å². The Morgan fingerprint density at radius 3 is 2.38 bits per heavy atom. The average Bonchev–Trinajstić information content (AvgIpc) is 3.11. The number of hydrogen-bond donors (Lipinski definition) is 3. The minimum atomic E-state index is -0.831. The highest BCUT2D eigenvalue weighted by molar-refractivity contribution is 9.10. The van der Waals surface area contributed by atoms with E-state index in [9.17, 15) is 9.59 Å². The Balaban J connectivity index is 1.76. The number of benzene rings is 3. The van der Waals surface area contributed by atoms with Gasteiger partial charge in [-0.3, -0.25) is 14.6 Å². The number of aliphatic carboxylic acids is 1. The van der Waals surface area contributed by atoms with Crippen molar-refractivity contribution in [3.63, 3.8) is 0 Å². The number of rotatable bonds is 7. The highest BCUT2D eigenvalue weighted by Gasteiger charge is 2.35. The number of anilines is 1. The minimum Gasteiger partial charge on any atom is -0.481 e. The van der Waals surface area contributed by atoms with Gasteiger partial charge in [-0.05, 0) is 52.9 Å². The van der Waals surface area contributed by atoms with Crippen molar-refractivity contribution in [3.05, 3.63) is 93.5 Å². The van der Waals surface area contributed by atoms with E-state index in [4.69, 9.17) is 15.8 Å². The Hall–Kier alpha value is -3.29. The van der Waals surface area contributed by atoms with E-state index in [2.05, 4.69) is 21.2 Å². The van der Waals surface area contributed by atoms with Crippen LogP contribution in [-0.4, -0.2) is 22.7 Å². The van der Waals surface area contributed by atoms with E-state index < -0.39 is 11.9 Å². The molecule has 1 aliphatic heterocycles. The molecule has 0 bridgehead atoms. The predicted molar refractivity (Wildman–Crippen MR) is 128 cm³/mol. The summed E-state index contributed by atoms with van der Waals surface area (Å²) < 4.78 is 0.885. The second kappa shape index (κ2) is 9.46. The molecule has 6 nitrogen and oxygen atoms in total. The van der Waals surface area contributed by atoms with Crippen LogP contribution in [0.25, 0.3) is 0 Å². The fourth-order valence-corrected chi connectivity index (χ4v) is 4.10. The van der Waals surface area contributed by atoms with Gasteiger partial charge < -0.3 is 16.2 Å². The molecule has 0 aromatic heterocycles. The molecule has 3 aromatic carbocycles. The Kier molecular flexibility index (Phi) is 6.48. The van der Waals surface area contributed by atoms with Crippen LogP contribution in [0, 0.1) is 0 Å². The number of halogens is 1. The molecule has 1 atom stereocenters. The molecule has 3 aromatic rings. The smallest absolute Gasteiger partial charge is 0.303 e. The standard InChI is InChI=1S/C25H22BrN3O3/c26-18-8-11-20-21(13-18)29-25(32)23(20)24(28-19-9-3-16(14-27)4-10-19)17-6-1-15(2-7-17)5-12-22(30)31/h1-4,6-11,13,23H,5,12,14,27H2,(H,29,32)(H,30,31). The number of fused-ring (bicyclic) bond motifs is 1. The zero-order chi connectivity index (χ0) is 22.7. The second-order valence-corrected chi connectivity index (χ2v) is 8.53. The molecular formula is C25H22BrN3O3. The first-order chi connectivity index (χ1) is 15.4. The topological polar surface area (TPSA) is 105 Å². The molecule has 32 heavy (non-hydrogen) atoms. The van der Waals surface area contributed by atoms with Gasteiger partial charge in [0.2, 0.25) is 5.91 Å². The number of carbonyl (C=O) groups excluding carboxylic acids is 1. The molecule has 0 fully saturated rings. The summed E-state index contributed by atoms with van der Waals surface area (Å²) in [5.74, 6) is -1.52. The Labute approximate surface area is 194 Å². The second-order valence-electron chi connectivity index (χ2n) is 7.61. The number of nitrogens with two attached hydrogens (primary N) is 1. The van der Waals surface area contributed by atoms with Crippen LogP contribution in [0.4, 0.5) is 11.4 Å². The Morgan fingerprint density at radius 2 is 1.72 bits per heavy atom. The molecular weight excluding hydrogens is 470 g/mol. The van der Waals surface area contributed by atoms with Crippen LogP contribution >= 0.6 is 15.9 Å². The third kappa shape index (κ3) is 4.79. The molecule has 0 spiro atoms. The lowest BCUT2D eigenvalue weighted by Gasteiger charge is -2.15. The van der Waals surface area contributed by atoms with Gasteiger partial charge in [0.25, 0.3) is 0 Å². The number of aliphatic imine (C=N–C) groups is 1. The maximum absolute atomic E-state index is 13.0. The lowest BCUT2D eigenvalue weighted by molar-refractivity contribution is -0.137. The summed E-state index contributed by atoms with van der Waals surface area (Å²) in [6, 6.07) is 20.9. The van der Waals surface area contributed by atoms with Crippen molar-refractivity contribution in [2.75, 3.05) is 5.32 Å². The third-order valence-electron chi connectivity index (χ3n) is 5.42. The van der Waals surface area contributed by atoms with Gasteiger partial charge in [-0.1, -0.05) is 58.4 Å². The van der Waals surface area contributed by atoms with Crippen LogP contribution < -0.4 is 11.1 Å². The van der Waals surface area contributed by atoms with Crippen LogP contribution in [0.3, 0.4) is 0 Å². The molecule has 7 heteroatoms. The van der Waals surface area contributed by atoms with Gasteiger partial charge in [0.1, 0.15) is 5.92 Å². The van der Waals surface area contributed by atoms with E-state index in [1.807, 2.05) is 66.7 Å². The number of nitrogens with zero attached hydrogens (tertiary/aromatic N) is 1. The van der Waals surface area contributed by atoms with E-state index in [1.54, 1.807) is 0 Å². The SMILES string of the molecule is NCc1ccc(N=C(c2ccc(CCC(=O)O)cc2)C2C(=O)Nc3cc(Br)ccc32)cc1. The summed E-state index contributed by atoms with van der Waals surface area (Å²) in [6.45, 7) is 0.446. The first kappa shape index (κ1) is 21.9. The molecule has 1 amide bonds. The largest absolute Gasteiger partial charge is 0.481 e. The lowest BCUT2D eigenvalue weighted by atomic mass is 9.90. The molecule has 4 N–H and O–H groups in total. The minimum absolute atomic E-state index is 0.0705. The van der Waals surface area contributed by atoms with Crippen molar-refractivity contribution in [2.24, 2.45) is 10.7 Å². The highest BCUT2D eigenvalue weighted by atomic mass is 79.9. The van der Waals surface area contributed by atoms with Crippen LogP contribution in [0.1, 0.15) is 34.6 Å². The maximum atomic E-state index is 13.0. The molecule has 1 unspecified atom stereocenters.